The van der Waals surface area contributed by atoms with Gasteiger partial charge in [-0.25, -0.2) is 4.98 Å². The molecular formula is C9H9BrN2O. The number of aliphatic hydroxyl groups is 1. The van der Waals surface area contributed by atoms with E-state index in [4.69, 9.17) is 0 Å². The van der Waals surface area contributed by atoms with Crippen molar-refractivity contribution in [3.63, 3.8) is 0 Å². The van der Waals surface area contributed by atoms with Crippen molar-refractivity contribution < 1.29 is 5.11 Å². The first-order valence-corrected chi connectivity index (χ1v) is 4.79. The summed E-state index contributed by atoms with van der Waals surface area (Å²) in [4.78, 5) is 7.27. The van der Waals surface area contributed by atoms with Crippen LogP contribution in [0, 0.1) is 0 Å². The SMILES string of the molecule is C[C@H](O)c1nc2ccc(Br)cc2[nH]1. The first-order valence-electron chi connectivity index (χ1n) is 4.00. The highest BCUT2D eigenvalue weighted by Crippen LogP contribution is 2.19. The number of hydrogen-bond acceptors (Lipinski definition) is 2. The number of H-pyrrole nitrogens is 1. The smallest absolute Gasteiger partial charge is 0.135 e. The molecule has 1 atom stereocenters. The molecule has 3 nitrogen and oxygen atoms in total. The fraction of sp³-hybridized carbons (Fsp3) is 0.222. The molecule has 2 N–H and O–H groups in total. The Morgan fingerprint density at radius 1 is 1.54 bits per heavy atom. The monoisotopic (exact) mass is 240 g/mol. The largest absolute Gasteiger partial charge is 0.385 e. The molecule has 0 spiro atoms. The Kier molecular flexibility index (Phi) is 2.09. The number of fused-ring (bicyclic) bond motifs is 1. The predicted molar refractivity (Wildman–Crippen MR) is 54.4 cm³/mol. The van der Waals surface area contributed by atoms with Gasteiger partial charge in [0.1, 0.15) is 11.9 Å². The lowest BCUT2D eigenvalue weighted by Crippen LogP contribution is -1.92. The van der Waals surface area contributed by atoms with Gasteiger partial charge in [0, 0.05) is 4.47 Å². The summed E-state index contributed by atoms with van der Waals surface area (Å²) in [6, 6.07) is 5.77. The second-order valence-electron chi connectivity index (χ2n) is 2.96. The molecule has 1 heterocycles. The van der Waals surface area contributed by atoms with Gasteiger partial charge in [0.15, 0.2) is 0 Å². The van der Waals surface area contributed by atoms with Crippen molar-refractivity contribution in [2.24, 2.45) is 0 Å². The van der Waals surface area contributed by atoms with E-state index < -0.39 is 6.10 Å². The van der Waals surface area contributed by atoms with E-state index in [-0.39, 0.29) is 0 Å². The number of benzene rings is 1. The van der Waals surface area contributed by atoms with Crippen LogP contribution in [0.15, 0.2) is 22.7 Å². The third-order valence-electron chi connectivity index (χ3n) is 1.86. The van der Waals surface area contributed by atoms with Crippen molar-refractivity contribution in [3.8, 4) is 0 Å². The Labute approximate surface area is 83.9 Å². The maximum absolute atomic E-state index is 9.29. The molecule has 4 heteroatoms. The summed E-state index contributed by atoms with van der Waals surface area (Å²) in [5.74, 6) is 0.605. The summed E-state index contributed by atoms with van der Waals surface area (Å²) in [5.41, 5.74) is 1.81. The maximum Gasteiger partial charge on any atom is 0.135 e. The summed E-state index contributed by atoms with van der Waals surface area (Å²) in [5, 5.41) is 9.29. The second-order valence-corrected chi connectivity index (χ2v) is 3.88. The van der Waals surface area contributed by atoms with Crippen LogP contribution >= 0.6 is 15.9 Å². The lowest BCUT2D eigenvalue weighted by Gasteiger charge is -1.95. The normalized spacial score (nSPS) is 13.5. The van der Waals surface area contributed by atoms with Crippen LogP contribution < -0.4 is 0 Å². The van der Waals surface area contributed by atoms with Gasteiger partial charge in [0.2, 0.25) is 0 Å². The van der Waals surface area contributed by atoms with Crippen LogP contribution in [-0.4, -0.2) is 15.1 Å². The number of hydrogen-bond donors (Lipinski definition) is 2. The third kappa shape index (κ3) is 1.59. The number of rotatable bonds is 1. The van der Waals surface area contributed by atoms with Crippen LogP contribution in [0.2, 0.25) is 0 Å². The van der Waals surface area contributed by atoms with E-state index in [0.717, 1.165) is 15.5 Å². The highest BCUT2D eigenvalue weighted by atomic mass is 79.9. The average Bonchev–Trinajstić information content (AvgIpc) is 2.46. The van der Waals surface area contributed by atoms with Crippen LogP contribution in [0.4, 0.5) is 0 Å². The van der Waals surface area contributed by atoms with Gasteiger partial charge in [-0.05, 0) is 25.1 Å². The molecular weight excluding hydrogens is 232 g/mol. The summed E-state index contributed by atoms with van der Waals surface area (Å²) < 4.78 is 1.00. The summed E-state index contributed by atoms with van der Waals surface area (Å²) in [6.45, 7) is 1.69. The molecule has 0 radical (unpaired) electrons. The average molecular weight is 241 g/mol. The minimum Gasteiger partial charge on any atom is -0.385 e. The Morgan fingerprint density at radius 3 is 3.00 bits per heavy atom. The van der Waals surface area contributed by atoms with E-state index in [2.05, 4.69) is 25.9 Å². The molecule has 2 rings (SSSR count). The molecule has 1 aromatic heterocycles. The topological polar surface area (TPSA) is 48.9 Å². The molecule has 0 saturated heterocycles. The quantitative estimate of drug-likeness (QED) is 0.805. The molecule has 13 heavy (non-hydrogen) atoms. The van der Waals surface area contributed by atoms with Crippen LogP contribution in [0.5, 0.6) is 0 Å². The van der Waals surface area contributed by atoms with Gasteiger partial charge < -0.3 is 10.1 Å². The molecule has 0 aliphatic heterocycles. The summed E-state index contributed by atoms with van der Waals surface area (Å²) >= 11 is 3.37. The van der Waals surface area contributed by atoms with Crippen LogP contribution in [0.1, 0.15) is 18.9 Å². The maximum atomic E-state index is 9.29. The Balaban J connectivity index is 2.62. The molecule has 68 valence electrons. The number of aliphatic hydroxyl groups excluding tert-OH is 1. The molecule has 1 aromatic carbocycles. The zero-order chi connectivity index (χ0) is 9.42. The highest BCUT2D eigenvalue weighted by molar-refractivity contribution is 9.10. The molecule has 0 unspecified atom stereocenters. The van der Waals surface area contributed by atoms with E-state index in [9.17, 15) is 5.11 Å². The lowest BCUT2D eigenvalue weighted by molar-refractivity contribution is 0.190. The van der Waals surface area contributed by atoms with E-state index in [0.29, 0.717) is 5.82 Å². The second kappa shape index (κ2) is 3.12. The van der Waals surface area contributed by atoms with Crippen LogP contribution in [0.25, 0.3) is 11.0 Å². The van der Waals surface area contributed by atoms with E-state index in [1.165, 1.54) is 0 Å². The number of nitrogens with one attached hydrogen (secondary N) is 1. The number of nitrogens with zero attached hydrogens (tertiary/aromatic N) is 1. The molecule has 2 aromatic rings. The molecule has 0 fully saturated rings. The van der Waals surface area contributed by atoms with E-state index in [1.54, 1.807) is 6.92 Å². The number of imidazole rings is 1. The van der Waals surface area contributed by atoms with Crippen molar-refractivity contribution in [2.45, 2.75) is 13.0 Å². The van der Waals surface area contributed by atoms with Crippen molar-refractivity contribution in [1.29, 1.82) is 0 Å². The van der Waals surface area contributed by atoms with Gasteiger partial charge >= 0.3 is 0 Å². The number of aromatic amines is 1. The van der Waals surface area contributed by atoms with Gasteiger partial charge in [0.05, 0.1) is 11.0 Å². The molecule has 0 aliphatic carbocycles. The fourth-order valence-corrected chi connectivity index (χ4v) is 1.56. The predicted octanol–water partition coefficient (Wildman–Crippen LogP) is 2.38. The highest BCUT2D eigenvalue weighted by Gasteiger charge is 2.06. The van der Waals surface area contributed by atoms with Gasteiger partial charge in [-0.15, -0.1) is 0 Å². The number of halogens is 1. The first kappa shape index (κ1) is 8.72. The lowest BCUT2D eigenvalue weighted by atomic mass is 10.3. The summed E-state index contributed by atoms with van der Waals surface area (Å²) in [6.07, 6.45) is -0.550. The van der Waals surface area contributed by atoms with Crippen molar-refractivity contribution in [2.75, 3.05) is 0 Å². The molecule has 0 saturated carbocycles. The van der Waals surface area contributed by atoms with Gasteiger partial charge in [-0.3, -0.25) is 0 Å². The third-order valence-corrected chi connectivity index (χ3v) is 2.35. The van der Waals surface area contributed by atoms with Crippen molar-refractivity contribution >= 4 is 27.0 Å². The van der Waals surface area contributed by atoms with E-state index in [1.807, 2.05) is 18.2 Å². The molecule has 0 amide bonds. The van der Waals surface area contributed by atoms with Crippen LogP contribution in [-0.2, 0) is 0 Å². The Hall–Kier alpha value is -0.870. The molecule has 0 aliphatic rings. The standard InChI is InChI=1S/C9H9BrN2O/c1-5(13)9-11-7-3-2-6(10)4-8(7)12-9/h2-5,13H,1H3,(H,11,12)/t5-/m0/s1. The summed E-state index contributed by atoms with van der Waals surface area (Å²) in [7, 11) is 0. The van der Waals surface area contributed by atoms with Crippen molar-refractivity contribution in [1.82, 2.24) is 9.97 Å². The number of aromatic nitrogens is 2. The van der Waals surface area contributed by atoms with Crippen molar-refractivity contribution in [3.05, 3.63) is 28.5 Å². The van der Waals surface area contributed by atoms with Gasteiger partial charge in [0.25, 0.3) is 0 Å². The molecule has 0 bridgehead atoms. The Morgan fingerprint density at radius 2 is 2.31 bits per heavy atom. The van der Waals surface area contributed by atoms with Gasteiger partial charge in [-0.2, -0.15) is 0 Å². The van der Waals surface area contributed by atoms with Gasteiger partial charge in [-0.1, -0.05) is 15.9 Å². The first-order chi connectivity index (χ1) is 6.16. The minimum absolute atomic E-state index is 0.550. The Bertz CT molecular complexity index is 436. The zero-order valence-electron chi connectivity index (χ0n) is 7.08. The fourth-order valence-electron chi connectivity index (χ4n) is 1.20. The van der Waals surface area contributed by atoms with Crippen LogP contribution in [0.3, 0.4) is 0 Å². The zero-order valence-corrected chi connectivity index (χ0v) is 8.67. The minimum atomic E-state index is -0.550. The van der Waals surface area contributed by atoms with E-state index >= 15 is 0 Å².